The van der Waals surface area contributed by atoms with Gasteiger partial charge in [0.2, 0.25) is 0 Å². The molecule has 0 radical (unpaired) electrons. The molecule has 2 aliphatic heterocycles. The highest BCUT2D eigenvalue weighted by molar-refractivity contribution is 6.07. The maximum Gasteiger partial charge on any atom is 0.408 e. The summed E-state index contributed by atoms with van der Waals surface area (Å²) in [5, 5.41) is 10.4. The number of aromatic nitrogens is 3. The number of fused-ring (bicyclic) bond motifs is 1. The molecule has 2 N–H and O–H groups in total. The first-order valence-electron chi connectivity index (χ1n) is 12.0. The summed E-state index contributed by atoms with van der Waals surface area (Å²) >= 11 is 0. The van der Waals surface area contributed by atoms with Gasteiger partial charge in [0.1, 0.15) is 6.54 Å². The number of amides is 2. The van der Waals surface area contributed by atoms with E-state index in [4.69, 9.17) is 0 Å². The number of rotatable bonds is 5. The van der Waals surface area contributed by atoms with E-state index in [9.17, 15) is 22.8 Å². The fourth-order valence-corrected chi connectivity index (χ4v) is 5.21. The third kappa shape index (κ3) is 5.98. The van der Waals surface area contributed by atoms with Crippen molar-refractivity contribution < 1.29 is 22.8 Å². The Morgan fingerprint density at radius 1 is 1.24 bits per heavy atom. The Labute approximate surface area is 213 Å². The molecule has 0 bridgehead atoms. The fourth-order valence-electron chi connectivity index (χ4n) is 5.21. The lowest BCUT2D eigenvalue weighted by molar-refractivity contribution is -0.142. The molecule has 37 heavy (non-hydrogen) atoms. The minimum absolute atomic E-state index is 0.0132. The Morgan fingerprint density at radius 3 is 2.57 bits per heavy atom. The highest BCUT2D eigenvalue weighted by Crippen LogP contribution is 2.34. The Balaban J connectivity index is 1.75. The van der Waals surface area contributed by atoms with E-state index < -0.39 is 30.1 Å². The number of halogens is 3. The minimum Gasteiger partial charge on any atom is -0.351 e. The van der Waals surface area contributed by atoms with Crippen LogP contribution in [0.15, 0.2) is 35.0 Å². The summed E-state index contributed by atoms with van der Waals surface area (Å²) in [6.07, 6.45) is 1.03. The molecule has 8 nitrogen and oxygen atoms in total. The number of alkyl halides is 3. The second-order valence-electron chi connectivity index (χ2n) is 11.0. The lowest BCUT2D eigenvalue weighted by Crippen LogP contribution is -2.53. The SMILES string of the molecule is CC1=CC(C)=NC(=O)C1CNC(=O)c1cc(C2=CC(C)(C)NC(C)(C)C2)nc2c1cnn2CC(F)(F)F. The van der Waals surface area contributed by atoms with Gasteiger partial charge in [0.25, 0.3) is 11.8 Å². The van der Waals surface area contributed by atoms with Crippen LogP contribution in [0.2, 0.25) is 0 Å². The molecule has 4 rings (SSSR count). The van der Waals surface area contributed by atoms with Crippen LogP contribution < -0.4 is 10.6 Å². The molecule has 2 aliphatic rings. The van der Waals surface area contributed by atoms with Gasteiger partial charge in [0, 0.05) is 23.3 Å². The summed E-state index contributed by atoms with van der Waals surface area (Å²) in [4.78, 5) is 34.2. The van der Waals surface area contributed by atoms with Gasteiger partial charge in [-0.2, -0.15) is 18.3 Å². The van der Waals surface area contributed by atoms with Crippen LogP contribution in [0.5, 0.6) is 0 Å². The maximum absolute atomic E-state index is 13.4. The van der Waals surface area contributed by atoms with Crippen LogP contribution in [-0.4, -0.2) is 56.1 Å². The lowest BCUT2D eigenvalue weighted by atomic mass is 9.82. The van der Waals surface area contributed by atoms with Gasteiger partial charge in [0.15, 0.2) is 5.65 Å². The fraction of sp³-hybridized carbons (Fsp3) is 0.500. The third-order valence-electron chi connectivity index (χ3n) is 6.38. The predicted molar refractivity (Wildman–Crippen MR) is 135 cm³/mol. The highest BCUT2D eigenvalue weighted by atomic mass is 19.4. The molecule has 11 heteroatoms. The number of aliphatic imine (C=N–C) groups is 1. The number of carbonyl (C=O) groups excluding carboxylic acids is 2. The van der Waals surface area contributed by atoms with E-state index in [1.54, 1.807) is 26.0 Å². The topological polar surface area (TPSA) is 101 Å². The summed E-state index contributed by atoms with van der Waals surface area (Å²) in [5.41, 5.74) is 2.02. The second kappa shape index (κ2) is 9.20. The van der Waals surface area contributed by atoms with E-state index in [1.165, 1.54) is 6.20 Å². The summed E-state index contributed by atoms with van der Waals surface area (Å²) in [6.45, 7) is 10.3. The van der Waals surface area contributed by atoms with Crippen molar-refractivity contribution in [3.63, 3.8) is 0 Å². The molecule has 0 fully saturated rings. The van der Waals surface area contributed by atoms with Gasteiger partial charge in [-0.3, -0.25) is 9.59 Å². The van der Waals surface area contributed by atoms with Gasteiger partial charge in [-0.25, -0.2) is 14.7 Å². The van der Waals surface area contributed by atoms with Crippen LogP contribution >= 0.6 is 0 Å². The van der Waals surface area contributed by atoms with Crippen molar-refractivity contribution in [1.29, 1.82) is 0 Å². The summed E-state index contributed by atoms with van der Waals surface area (Å²) in [6, 6.07) is 1.59. The standard InChI is InChI=1S/C26H31F3N6O2/c1-14-7-15(2)32-23(37)18(14)11-30-22(36)17-8-20(16-9-24(3,4)34-25(5,6)10-16)33-21-19(17)12-31-35(21)13-26(27,28)29/h7-9,12,18,34H,10-11,13H2,1-6H3,(H,30,36). The molecule has 2 amide bonds. The number of pyridine rings is 1. The van der Waals surface area contributed by atoms with Crippen molar-refractivity contribution in [2.24, 2.45) is 10.9 Å². The Morgan fingerprint density at radius 2 is 1.95 bits per heavy atom. The normalized spacial score (nSPS) is 21.4. The Bertz CT molecular complexity index is 1360. The van der Waals surface area contributed by atoms with E-state index >= 15 is 0 Å². The van der Waals surface area contributed by atoms with E-state index in [2.05, 4.69) is 25.7 Å². The maximum atomic E-state index is 13.4. The number of allylic oxidation sites excluding steroid dienone is 1. The Kier molecular flexibility index (Phi) is 6.64. The molecule has 1 atom stereocenters. The second-order valence-corrected chi connectivity index (χ2v) is 11.0. The zero-order valence-corrected chi connectivity index (χ0v) is 21.7. The number of carbonyl (C=O) groups is 2. The monoisotopic (exact) mass is 516 g/mol. The van der Waals surface area contributed by atoms with Gasteiger partial charge in [-0.1, -0.05) is 11.6 Å². The van der Waals surface area contributed by atoms with E-state index in [1.807, 2.05) is 33.8 Å². The van der Waals surface area contributed by atoms with Crippen molar-refractivity contribution in [3.8, 4) is 0 Å². The first kappa shape index (κ1) is 26.7. The van der Waals surface area contributed by atoms with Crippen molar-refractivity contribution in [2.75, 3.05) is 6.54 Å². The smallest absolute Gasteiger partial charge is 0.351 e. The molecule has 0 aromatic carbocycles. The predicted octanol–water partition coefficient (Wildman–Crippen LogP) is 4.22. The third-order valence-corrected chi connectivity index (χ3v) is 6.38. The van der Waals surface area contributed by atoms with Crippen LogP contribution in [-0.2, 0) is 11.3 Å². The van der Waals surface area contributed by atoms with Gasteiger partial charge in [0.05, 0.1) is 28.8 Å². The van der Waals surface area contributed by atoms with Gasteiger partial charge < -0.3 is 10.6 Å². The van der Waals surface area contributed by atoms with Crippen LogP contribution in [0.4, 0.5) is 13.2 Å². The quantitative estimate of drug-likeness (QED) is 0.620. The highest BCUT2D eigenvalue weighted by Gasteiger charge is 2.34. The number of dihydropyridines is 1. The molecule has 0 saturated carbocycles. The summed E-state index contributed by atoms with van der Waals surface area (Å²) < 4.78 is 40.5. The Hall–Kier alpha value is -3.34. The lowest BCUT2D eigenvalue weighted by Gasteiger charge is -2.41. The average molecular weight is 517 g/mol. The van der Waals surface area contributed by atoms with Crippen molar-refractivity contribution in [2.45, 2.75) is 71.8 Å². The molecular formula is C26H31F3N6O2. The van der Waals surface area contributed by atoms with Crippen molar-refractivity contribution in [3.05, 3.63) is 41.2 Å². The molecule has 0 saturated heterocycles. The van der Waals surface area contributed by atoms with Gasteiger partial charge in [-0.15, -0.1) is 0 Å². The number of nitrogens with zero attached hydrogens (tertiary/aromatic N) is 4. The van der Waals surface area contributed by atoms with Crippen LogP contribution in [0, 0.1) is 5.92 Å². The van der Waals surface area contributed by atoms with Crippen LogP contribution in [0.3, 0.4) is 0 Å². The largest absolute Gasteiger partial charge is 0.408 e. The number of hydrogen-bond acceptors (Lipinski definition) is 5. The van der Waals surface area contributed by atoms with E-state index in [0.717, 1.165) is 15.8 Å². The van der Waals surface area contributed by atoms with Gasteiger partial charge >= 0.3 is 6.18 Å². The summed E-state index contributed by atoms with van der Waals surface area (Å²) in [7, 11) is 0. The molecule has 2 aromatic rings. The van der Waals surface area contributed by atoms with Gasteiger partial charge in [-0.05, 0) is 65.7 Å². The summed E-state index contributed by atoms with van der Waals surface area (Å²) in [5.74, 6) is -1.48. The van der Waals surface area contributed by atoms with Crippen molar-refractivity contribution >= 4 is 34.1 Å². The molecule has 2 aromatic heterocycles. The molecule has 198 valence electrons. The number of nitrogens with one attached hydrogen (secondary N) is 2. The van der Waals surface area contributed by atoms with Crippen molar-refractivity contribution in [1.82, 2.24) is 25.4 Å². The zero-order chi connectivity index (χ0) is 27.3. The minimum atomic E-state index is -4.51. The molecular weight excluding hydrogens is 485 g/mol. The van der Waals surface area contributed by atoms with E-state index in [0.29, 0.717) is 17.8 Å². The molecule has 0 spiro atoms. The van der Waals surface area contributed by atoms with Crippen LogP contribution in [0.1, 0.15) is 64.0 Å². The molecule has 0 aliphatic carbocycles. The van der Waals surface area contributed by atoms with Crippen LogP contribution in [0.25, 0.3) is 16.6 Å². The number of hydrogen-bond donors (Lipinski definition) is 2. The molecule has 4 heterocycles. The average Bonchev–Trinajstić information content (AvgIpc) is 3.11. The van der Waals surface area contributed by atoms with E-state index in [-0.39, 0.29) is 34.6 Å². The zero-order valence-electron chi connectivity index (χ0n) is 21.7. The molecule has 1 unspecified atom stereocenters. The first-order valence-corrected chi connectivity index (χ1v) is 12.0. The first-order chi connectivity index (χ1) is 17.0.